The van der Waals surface area contributed by atoms with Crippen LogP contribution in [0.1, 0.15) is 37.7 Å². The Labute approximate surface area is 120 Å². The summed E-state index contributed by atoms with van der Waals surface area (Å²) in [6, 6.07) is 8.49. The molecule has 2 bridgehead atoms. The van der Waals surface area contributed by atoms with E-state index in [1.807, 2.05) is 6.07 Å². The van der Waals surface area contributed by atoms with Gasteiger partial charge in [0.15, 0.2) is 0 Å². The lowest BCUT2D eigenvalue weighted by Gasteiger charge is -2.46. The van der Waals surface area contributed by atoms with E-state index in [2.05, 4.69) is 23.5 Å². The maximum absolute atomic E-state index is 6.46. The van der Waals surface area contributed by atoms with Crippen molar-refractivity contribution in [3.05, 3.63) is 34.9 Å². The van der Waals surface area contributed by atoms with Crippen molar-refractivity contribution in [3.63, 3.8) is 0 Å². The SMILES string of the molecule is Clc1ccccc1C1(CC2CC3CCC2C3)CNC1. The molecule has 0 spiro atoms. The number of halogens is 1. The van der Waals surface area contributed by atoms with Crippen LogP contribution in [0.5, 0.6) is 0 Å². The first-order valence-corrected chi connectivity index (χ1v) is 8.10. The van der Waals surface area contributed by atoms with Crippen molar-refractivity contribution in [2.24, 2.45) is 17.8 Å². The largest absolute Gasteiger partial charge is 0.315 e. The van der Waals surface area contributed by atoms with Crippen LogP contribution < -0.4 is 5.32 Å². The molecule has 1 N–H and O–H groups in total. The molecule has 3 fully saturated rings. The van der Waals surface area contributed by atoms with Crippen LogP contribution in [0.15, 0.2) is 24.3 Å². The molecule has 2 heteroatoms. The Morgan fingerprint density at radius 2 is 2.00 bits per heavy atom. The van der Waals surface area contributed by atoms with Crippen LogP contribution in [-0.4, -0.2) is 13.1 Å². The van der Waals surface area contributed by atoms with Crippen LogP contribution in [-0.2, 0) is 5.41 Å². The average molecular weight is 276 g/mol. The molecule has 1 aliphatic heterocycles. The van der Waals surface area contributed by atoms with Crippen LogP contribution >= 0.6 is 11.6 Å². The summed E-state index contributed by atoms with van der Waals surface area (Å²) in [7, 11) is 0. The van der Waals surface area contributed by atoms with Gasteiger partial charge in [0.1, 0.15) is 0 Å². The number of nitrogens with one attached hydrogen (secondary N) is 1. The quantitative estimate of drug-likeness (QED) is 0.879. The van der Waals surface area contributed by atoms with E-state index in [1.54, 1.807) is 0 Å². The van der Waals surface area contributed by atoms with Gasteiger partial charge in [-0.05, 0) is 55.1 Å². The number of hydrogen-bond donors (Lipinski definition) is 1. The Kier molecular flexibility index (Phi) is 2.89. The highest BCUT2D eigenvalue weighted by Gasteiger charge is 2.47. The van der Waals surface area contributed by atoms with Gasteiger partial charge < -0.3 is 5.32 Å². The van der Waals surface area contributed by atoms with E-state index in [9.17, 15) is 0 Å². The van der Waals surface area contributed by atoms with Gasteiger partial charge in [-0.2, -0.15) is 0 Å². The smallest absolute Gasteiger partial charge is 0.0444 e. The summed E-state index contributed by atoms with van der Waals surface area (Å²) in [4.78, 5) is 0. The lowest BCUT2D eigenvalue weighted by molar-refractivity contribution is 0.180. The van der Waals surface area contributed by atoms with Crippen LogP contribution in [0.2, 0.25) is 5.02 Å². The molecule has 19 heavy (non-hydrogen) atoms. The molecule has 1 heterocycles. The molecule has 1 nitrogen and oxygen atoms in total. The number of benzene rings is 1. The van der Waals surface area contributed by atoms with Gasteiger partial charge in [0.2, 0.25) is 0 Å². The molecule has 1 aromatic rings. The molecule has 3 atom stereocenters. The van der Waals surface area contributed by atoms with E-state index >= 15 is 0 Å². The summed E-state index contributed by atoms with van der Waals surface area (Å²) < 4.78 is 0. The maximum atomic E-state index is 6.46. The highest BCUT2D eigenvalue weighted by atomic mass is 35.5. The van der Waals surface area contributed by atoms with Crippen molar-refractivity contribution < 1.29 is 0 Å². The molecule has 4 rings (SSSR count). The van der Waals surface area contributed by atoms with Crippen LogP contribution in [0.4, 0.5) is 0 Å². The van der Waals surface area contributed by atoms with Crippen molar-refractivity contribution >= 4 is 11.6 Å². The summed E-state index contributed by atoms with van der Waals surface area (Å²) in [5.74, 6) is 3.02. The molecule has 3 unspecified atom stereocenters. The number of hydrogen-bond acceptors (Lipinski definition) is 1. The second kappa shape index (κ2) is 4.49. The Hall–Kier alpha value is -0.530. The molecule has 0 radical (unpaired) electrons. The molecule has 2 aliphatic carbocycles. The zero-order chi connectivity index (χ0) is 12.9. The highest BCUT2D eigenvalue weighted by molar-refractivity contribution is 6.31. The average Bonchev–Trinajstić information content (AvgIpc) is 2.97. The number of fused-ring (bicyclic) bond motifs is 2. The van der Waals surface area contributed by atoms with E-state index in [0.717, 1.165) is 35.9 Å². The maximum Gasteiger partial charge on any atom is 0.0444 e. The zero-order valence-electron chi connectivity index (χ0n) is 11.4. The normalized spacial score (nSPS) is 35.3. The minimum atomic E-state index is 0.327. The van der Waals surface area contributed by atoms with Gasteiger partial charge in [-0.1, -0.05) is 36.2 Å². The van der Waals surface area contributed by atoms with Gasteiger partial charge in [-0.25, -0.2) is 0 Å². The van der Waals surface area contributed by atoms with Gasteiger partial charge in [-0.15, -0.1) is 0 Å². The molecular weight excluding hydrogens is 254 g/mol. The first kappa shape index (κ1) is 12.2. The minimum Gasteiger partial charge on any atom is -0.315 e. The van der Waals surface area contributed by atoms with E-state index in [4.69, 9.17) is 11.6 Å². The van der Waals surface area contributed by atoms with E-state index in [0.29, 0.717) is 5.41 Å². The third-order valence-corrected chi connectivity index (χ3v) is 6.24. The van der Waals surface area contributed by atoms with Gasteiger partial charge >= 0.3 is 0 Å². The molecule has 2 saturated carbocycles. The van der Waals surface area contributed by atoms with Crippen LogP contribution in [0.25, 0.3) is 0 Å². The van der Waals surface area contributed by atoms with Crippen molar-refractivity contribution in [2.75, 3.05) is 13.1 Å². The molecule has 102 valence electrons. The lowest BCUT2D eigenvalue weighted by atomic mass is 9.67. The van der Waals surface area contributed by atoms with Crippen molar-refractivity contribution in [2.45, 2.75) is 37.5 Å². The Balaban J connectivity index is 1.59. The fourth-order valence-electron chi connectivity index (χ4n) is 4.89. The third kappa shape index (κ3) is 1.94. The highest BCUT2D eigenvalue weighted by Crippen LogP contribution is 2.53. The van der Waals surface area contributed by atoms with Crippen molar-refractivity contribution in [1.82, 2.24) is 5.32 Å². The molecule has 1 aromatic carbocycles. The van der Waals surface area contributed by atoms with Crippen molar-refractivity contribution in [3.8, 4) is 0 Å². The molecule has 1 saturated heterocycles. The van der Waals surface area contributed by atoms with Gasteiger partial charge in [0.05, 0.1) is 0 Å². The standard InChI is InChI=1S/C17H22ClN/c18-16-4-2-1-3-15(16)17(10-19-11-17)9-14-8-12-5-6-13(14)7-12/h1-4,12-14,19H,5-11H2. The third-order valence-electron chi connectivity index (χ3n) is 5.91. The summed E-state index contributed by atoms with van der Waals surface area (Å²) in [6.45, 7) is 2.23. The van der Waals surface area contributed by atoms with Crippen LogP contribution in [0.3, 0.4) is 0 Å². The predicted octanol–water partition coefficient (Wildman–Crippen LogP) is 4.01. The topological polar surface area (TPSA) is 12.0 Å². The van der Waals surface area contributed by atoms with Crippen molar-refractivity contribution in [1.29, 1.82) is 0 Å². The molecule has 0 amide bonds. The van der Waals surface area contributed by atoms with Crippen LogP contribution in [0, 0.1) is 17.8 Å². The minimum absolute atomic E-state index is 0.327. The predicted molar refractivity (Wildman–Crippen MR) is 79.6 cm³/mol. The van der Waals surface area contributed by atoms with E-state index < -0.39 is 0 Å². The molecule has 0 aromatic heterocycles. The second-order valence-corrected chi connectivity index (χ2v) is 7.41. The molecule has 3 aliphatic rings. The van der Waals surface area contributed by atoms with Gasteiger partial charge in [0, 0.05) is 23.5 Å². The Morgan fingerprint density at radius 3 is 2.58 bits per heavy atom. The first-order chi connectivity index (χ1) is 9.27. The summed E-state index contributed by atoms with van der Waals surface area (Å²) in [5, 5.41) is 4.45. The zero-order valence-corrected chi connectivity index (χ0v) is 12.1. The molecular formula is C17H22ClN. The fourth-order valence-corrected chi connectivity index (χ4v) is 5.23. The summed E-state index contributed by atoms with van der Waals surface area (Å²) in [5.41, 5.74) is 1.71. The lowest BCUT2D eigenvalue weighted by Crippen LogP contribution is -2.58. The Morgan fingerprint density at radius 1 is 1.16 bits per heavy atom. The number of rotatable bonds is 3. The first-order valence-electron chi connectivity index (χ1n) is 7.73. The monoisotopic (exact) mass is 275 g/mol. The fraction of sp³-hybridized carbons (Fsp3) is 0.647. The summed E-state index contributed by atoms with van der Waals surface area (Å²) >= 11 is 6.46. The van der Waals surface area contributed by atoms with E-state index in [1.165, 1.54) is 37.7 Å². The van der Waals surface area contributed by atoms with Gasteiger partial charge in [-0.3, -0.25) is 0 Å². The van der Waals surface area contributed by atoms with Gasteiger partial charge in [0.25, 0.3) is 0 Å². The van der Waals surface area contributed by atoms with E-state index in [-0.39, 0.29) is 0 Å². The second-order valence-electron chi connectivity index (χ2n) is 7.00. The Bertz CT molecular complexity index is 480. The summed E-state index contributed by atoms with van der Waals surface area (Å²) in [6.07, 6.45) is 7.33.